The molecule has 2 aromatic rings. The highest BCUT2D eigenvalue weighted by Crippen LogP contribution is 2.29. The van der Waals surface area contributed by atoms with Crippen LogP contribution in [0.15, 0.2) is 36.7 Å². The number of benzene rings is 1. The van der Waals surface area contributed by atoms with Crippen LogP contribution in [0.25, 0.3) is 0 Å². The van der Waals surface area contributed by atoms with Crippen molar-refractivity contribution in [3.05, 3.63) is 42.2 Å². The predicted molar refractivity (Wildman–Crippen MR) is 92.2 cm³/mol. The van der Waals surface area contributed by atoms with E-state index in [0.717, 1.165) is 18.8 Å². The Kier molecular flexibility index (Phi) is 5.00. The van der Waals surface area contributed by atoms with E-state index in [1.54, 1.807) is 19.5 Å². The number of anilines is 1. The number of urea groups is 1. The number of methoxy groups -OCH3 is 1. The summed E-state index contributed by atoms with van der Waals surface area (Å²) < 4.78 is 5.47. The third-order valence-corrected chi connectivity index (χ3v) is 4.49. The van der Waals surface area contributed by atoms with Crippen molar-refractivity contribution < 1.29 is 9.53 Å². The van der Waals surface area contributed by atoms with Gasteiger partial charge in [0.1, 0.15) is 5.75 Å². The molecular weight excluding hydrogens is 306 g/mol. The summed E-state index contributed by atoms with van der Waals surface area (Å²) in [6, 6.07) is 8.26. The molecule has 1 unspecified atom stereocenters. The topological polar surface area (TPSA) is 73.5 Å². The molecule has 0 radical (unpaired) electrons. The summed E-state index contributed by atoms with van der Waals surface area (Å²) in [5.74, 6) is 0.908. The molecule has 2 heterocycles. The lowest BCUT2D eigenvalue weighted by atomic mass is 10.0. The first kappa shape index (κ1) is 16.3. The van der Waals surface area contributed by atoms with Crippen LogP contribution in [0.3, 0.4) is 0 Å². The number of aromatic nitrogens is 2. The van der Waals surface area contributed by atoms with E-state index in [0.29, 0.717) is 18.8 Å². The zero-order valence-corrected chi connectivity index (χ0v) is 14.0. The molecule has 0 aliphatic carbocycles. The number of carbonyl (C=O) groups excluding carboxylic acids is 1. The molecule has 0 bridgehead atoms. The van der Waals surface area contributed by atoms with Crippen molar-refractivity contribution in [2.45, 2.75) is 13.0 Å². The van der Waals surface area contributed by atoms with Crippen LogP contribution in [0.2, 0.25) is 0 Å². The second-order valence-electron chi connectivity index (χ2n) is 5.86. The fourth-order valence-corrected chi connectivity index (χ4v) is 3.04. The Morgan fingerprint density at radius 3 is 2.71 bits per heavy atom. The minimum Gasteiger partial charge on any atom is -0.496 e. The molecule has 2 N–H and O–H groups in total. The van der Waals surface area contributed by atoms with Crippen molar-refractivity contribution in [3.8, 4) is 5.75 Å². The summed E-state index contributed by atoms with van der Waals surface area (Å²) in [5, 5.41) is 9.35. The number of hydrogen-bond donors (Lipinski definition) is 2. The van der Waals surface area contributed by atoms with E-state index in [9.17, 15) is 4.79 Å². The SMILES string of the molecule is COc1ccccc1C(C)N1CCN(C(=O)Nc2cn[nH]c2)CC1. The van der Waals surface area contributed by atoms with Crippen LogP contribution in [0.5, 0.6) is 5.75 Å². The molecule has 0 saturated carbocycles. The van der Waals surface area contributed by atoms with Gasteiger partial charge in [-0.2, -0.15) is 5.10 Å². The number of nitrogens with one attached hydrogen (secondary N) is 2. The summed E-state index contributed by atoms with van der Waals surface area (Å²) in [5.41, 5.74) is 1.86. The Morgan fingerprint density at radius 2 is 2.04 bits per heavy atom. The normalized spacial score (nSPS) is 16.7. The number of para-hydroxylation sites is 1. The number of piperazine rings is 1. The van der Waals surface area contributed by atoms with Gasteiger partial charge in [0.2, 0.25) is 0 Å². The minimum absolute atomic E-state index is 0.0824. The molecule has 7 heteroatoms. The lowest BCUT2D eigenvalue weighted by Crippen LogP contribution is -2.50. The van der Waals surface area contributed by atoms with Crippen LogP contribution in [0, 0.1) is 0 Å². The van der Waals surface area contributed by atoms with Gasteiger partial charge in [0.15, 0.2) is 0 Å². The van der Waals surface area contributed by atoms with Crippen LogP contribution in [-0.4, -0.2) is 59.3 Å². The summed E-state index contributed by atoms with van der Waals surface area (Å²) in [4.78, 5) is 16.5. The Bertz CT molecular complexity index is 665. The largest absolute Gasteiger partial charge is 0.496 e. The molecule has 128 valence electrons. The zero-order valence-electron chi connectivity index (χ0n) is 14.0. The summed E-state index contributed by atoms with van der Waals surface area (Å²) >= 11 is 0. The average molecular weight is 329 g/mol. The van der Waals surface area contributed by atoms with E-state index in [1.165, 1.54) is 5.56 Å². The Hall–Kier alpha value is -2.54. The second-order valence-corrected chi connectivity index (χ2v) is 5.86. The van der Waals surface area contributed by atoms with Gasteiger partial charge in [0.25, 0.3) is 0 Å². The molecule has 24 heavy (non-hydrogen) atoms. The molecule has 1 aliphatic heterocycles. The predicted octanol–water partition coefficient (Wildman–Crippen LogP) is 2.33. The van der Waals surface area contributed by atoms with Crippen LogP contribution in [0.4, 0.5) is 10.5 Å². The molecule has 0 spiro atoms. The van der Waals surface area contributed by atoms with Gasteiger partial charge >= 0.3 is 6.03 Å². The number of amides is 2. The van der Waals surface area contributed by atoms with Gasteiger partial charge < -0.3 is 15.0 Å². The number of ether oxygens (including phenoxy) is 1. The molecule has 1 aromatic carbocycles. The van der Waals surface area contributed by atoms with Crippen LogP contribution < -0.4 is 10.1 Å². The van der Waals surface area contributed by atoms with Gasteiger partial charge in [-0.1, -0.05) is 18.2 Å². The van der Waals surface area contributed by atoms with Gasteiger partial charge in [-0.3, -0.25) is 10.00 Å². The van der Waals surface area contributed by atoms with Gasteiger partial charge in [-0.15, -0.1) is 0 Å². The summed E-state index contributed by atoms with van der Waals surface area (Å²) in [6.45, 7) is 5.24. The molecule has 1 aromatic heterocycles. The van der Waals surface area contributed by atoms with Gasteiger partial charge in [0.05, 0.1) is 19.0 Å². The zero-order chi connectivity index (χ0) is 16.9. The van der Waals surface area contributed by atoms with Gasteiger partial charge in [-0.25, -0.2) is 4.79 Å². The van der Waals surface area contributed by atoms with Crippen molar-refractivity contribution >= 4 is 11.7 Å². The number of hydrogen-bond acceptors (Lipinski definition) is 4. The van der Waals surface area contributed by atoms with Crippen molar-refractivity contribution in [2.24, 2.45) is 0 Å². The smallest absolute Gasteiger partial charge is 0.322 e. The molecule has 1 fully saturated rings. The average Bonchev–Trinajstić information content (AvgIpc) is 3.14. The monoisotopic (exact) mass is 329 g/mol. The Morgan fingerprint density at radius 1 is 1.29 bits per heavy atom. The second kappa shape index (κ2) is 7.35. The number of rotatable bonds is 4. The standard InChI is InChI=1S/C17H23N5O2/c1-13(15-5-3-4-6-16(15)24-2)21-7-9-22(10-8-21)17(23)20-14-11-18-19-12-14/h3-6,11-13H,7-10H2,1-2H3,(H,18,19)(H,20,23). The van der Waals surface area contributed by atoms with E-state index < -0.39 is 0 Å². The molecule has 3 rings (SSSR count). The third kappa shape index (κ3) is 3.51. The fourth-order valence-electron chi connectivity index (χ4n) is 3.04. The number of nitrogens with zero attached hydrogens (tertiary/aromatic N) is 3. The van der Waals surface area contributed by atoms with Gasteiger partial charge in [0, 0.05) is 44.0 Å². The maximum Gasteiger partial charge on any atom is 0.322 e. The quantitative estimate of drug-likeness (QED) is 0.903. The third-order valence-electron chi connectivity index (χ3n) is 4.49. The molecular formula is C17H23N5O2. The molecule has 2 amide bonds. The minimum atomic E-state index is -0.0824. The molecule has 1 aliphatic rings. The maximum absolute atomic E-state index is 12.2. The Labute approximate surface area is 141 Å². The van der Waals surface area contributed by atoms with Crippen LogP contribution in [-0.2, 0) is 0 Å². The van der Waals surface area contributed by atoms with Crippen molar-refractivity contribution in [3.63, 3.8) is 0 Å². The number of H-pyrrole nitrogens is 1. The highest BCUT2D eigenvalue weighted by atomic mass is 16.5. The highest BCUT2D eigenvalue weighted by molar-refractivity contribution is 5.89. The molecule has 1 saturated heterocycles. The molecule has 7 nitrogen and oxygen atoms in total. The van der Waals surface area contributed by atoms with Crippen molar-refractivity contribution in [1.82, 2.24) is 20.0 Å². The first-order valence-electron chi connectivity index (χ1n) is 8.10. The van der Waals surface area contributed by atoms with Crippen molar-refractivity contribution in [2.75, 3.05) is 38.6 Å². The summed E-state index contributed by atoms with van der Waals surface area (Å²) in [6.07, 6.45) is 3.26. The Balaban J connectivity index is 1.57. The van der Waals surface area contributed by atoms with Gasteiger partial charge in [-0.05, 0) is 13.0 Å². The van der Waals surface area contributed by atoms with Crippen LogP contribution in [0.1, 0.15) is 18.5 Å². The highest BCUT2D eigenvalue weighted by Gasteiger charge is 2.26. The van der Waals surface area contributed by atoms with Crippen LogP contribution >= 0.6 is 0 Å². The fraction of sp³-hybridized carbons (Fsp3) is 0.412. The lowest BCUT2D eigenvalue weighted by molar-refractivity contribution is 0.118. The first-order valence-corrected chi connectivity index (χ1v) is 8.10. The number of carbonyl (C=O) groups is 1. The summed E-state index contributed by atoms with van der Waals surface area (Å²) in [7, 11) is 1.70. The van der Waals surface area contributed by atoms with Crippen molar-refractivity contribution in [1.29, 1.82) is 0 Å². The van der Waals surface area contributed by atoms with E-state index in [4.69, 9.17) is 4.74 Å². The number of aromatic amines is 1. The first-order chi connectivity index (χ1) is 11.7. The molecule has 1 atom stereocenters. The maximum atomic E-state index is 12.2. The van der Waals surface area contributed by atoms with E-state index in [-0.39, 0.29) is 12.1 Å². The van der Waals surface area contributed by atoms with E-state index in [1.807, 2.05) is 23.1 Å². The van der Waals surface area contributed by atoms with E-state index in [2.05, 4.69) is 33.4 Å². The van der Waals surface area contributed by atoms with E-state index >= 15 is 0 Å². The lowest BCUT2D eigenvalue weighted by Gasteiger charge is -2.38.